The summed E-state index contributed by atoms with van der Waals surface area (Å²) >= 11 is 0. The summed E-state index contributed by atoms with van der Waals surface area (Å²) in [6.07, 6.45) is 2.01. The predicted octanol–water partition coefficient (Wildman–Crippen LogP) is 6.14. The summed E-state index contributed by atoms with van der Waals surface area (Å²) in [6.45, 7) is 6.61. The molecule has 2 aromatic carbocycles. The van der Waals surface area contributed by atoms with Gasteiger partial charge in [0.1, 0.15) is 17.0 Å². The van der Waals surface area contributed by atoms with Crippen LogP contribution in [0.4, 0.5) is 0 Å². The molecular weight excluding hydrogens is 366 g/mol. The van der Waals surface area contributed by atoms with Crippen molar-refractivity contribution in [1.82, 2.24) is 4.98 Å². The number of aromatic carboxylic acids is 1. The first-order valence-electron chi connectivity index (χ1n) is 9.79. The number of nitrogens with zero attached hydrogens (tertiary/aromatic N) is 1. The van der Waals surface area contributed by atoms with Crippen LogP contribution >= 0.6 is 0 Å². The number of benzene rings is 2. The molecule has 0 spiro atoms. The first kappa shape index (κ1) is 19.0. The van der Waals surface area contributed by atoms with Crippen molar-refractivity contribution in [2.45, 2.75) is 33.6 Å². The van der Waals surface area contributed by atoms with Gasteiger partial charge < -0.3 is 14.3 Å². The van der Waals surface area contributed by atoms with Crippen LogP contribution in [-0.2, 0) is 0 Å². The van der Waals surface area contributed by atoms with Crippen molar-refractivity contribution in [2.24, 2.45) is 0 Å². The summed E-state index contributed by atoms with van der Waals surface area (Å²) in [4.78, 5) is 16.7. The van der Waals surface area contributed by atoms with E-state index < -0.39 is 5.97 Å². The molecule has 0 radical (unpaired) electrons. The fraction of sp³-hybridized carbons (Fsp3) is 0.250. The molecule has 148 valence electrons. The van der Waals surface area contributed by atoms with Crippen molar-refractivity contribution in [3.63, 3.8) is 0 Å². The quantitative estimate of drug-likeness (QED) is 0.401. The molecular formula is C24H23NO4. The molecule has 0 fully saturated rings. The Morgan fingerprint density at radius 3 is 2.66 bits per heavy atom. The number of unbranched alkanes of at least 4 members (excludes halogenated alkanes) is 1. The van der Waals surface area contributed by atoms with Crippen LogP contribution in [0.25, 0.3) is 33.3 Å². The van der Waals surface area contributed by atoms with Crippen LogP contribution in [0.15, 0.2) is 46.9 Å². The zero-order valence-corrected chi connectivity index (χ0v) is 16.8. The number of aromatic nitrogens is 1. The lowest BCUT2D eigenvalue weighted by Gasteiger charge is -2.12. The summed E-state index contributed by atoms with van der Waals surface area (Å²) in [5.74, 6) is 0.323. The van der Waals surface area contributed by atoms with Gasteiger partial charge in [0.25, 0.3) is 0 Å². The van der Waals surface area contributed by atoms with Crippen LogP contribution < -0.4 is 4.74 Å². The monoisotopic (exact) mass is 389 g/mol. The Labute approximate surface area is 168 Å². The number of hydrogen-bond acceptors (Lipinski definition) is 4. The number of ether oxygens (including phenoxy) is 1. The number of carboxylic acids is 1. The van der Waals surface area contributed by atoms with Crippen molar-refractivity contribution in [1.29, 1.82) is 0 Å². The maximum atomic E-state index is 12.0. The minimum atomic E-state index is -0.994. The second kappa shape index (κ2) is 7.59. The Bertz CT molecular complexity index is 1220. The normalized spacial score (nSPS) is 11.3. The van der Waals surface area contributed by atoms with E-state index in [4.69, 9.17) is 14.1 Å². The SMILES string of the molecule is CCCCOc1cc2nc(-c3oc4ccccc4c3C)cc(C(=O)O)c2cc1C. The summed E-state index contributed by atoms with van der Waals surface area (Å²) < 4.78 is 11.9. The molecule has 0 aliphatic rings. The molecule has 0 unspecified atom stereocenters. The van der Waals surface area contributed by atoms with Crippen LogP contribution in [-0.4, -0.2) is 22.7 Å². The van der Waals surface area contributed by atoms with E-state index in [-0.39, 0.29) is 5.56 Å². The fourth-order valence-electron chi connectivity index (χ4n) is 3.56. The van der Waals surface area contributed by atoms with Gasteiger partial charge in [-0.25, -0.2) is 9.78 Å². The summed E-state index contributed by atoms with van der Waals surface area (Å²) in [5, 5.41) is 11.4. The number of hydrogen-bond donors (Lipinski definition) is 1. The molecule has 0 bridgehead atoms. The molecule has 0 amide bonds. The molecule has 2 aromatic heterocycles. The van der Waals surface area contributed by atoms with Gasteiger partial charge in [-0.3, -0.25) is 0 Å². The average Bonchev–Trinajstić information content (AvgIpc) is 3.04. The number of fused-ring (bicyclic) bond motifs is 2. The Hall–Kier alpha value is -3.34. The summed E-state index contributed by atoms with van der Waals surface area (Å²) in [5.41, 5.74) is 3.88. The highest BCUT2D eigenvalue weighted by atomic mass is 16.5. The second-order valence-electron chi connectivity index (χ2n) is 7.25. The number of carboxylic acid groups (broad SMARTS) is 1. The van der Waals surface area contributed by atoms with Gasteiger partial charge >= 0.3 is 5.97 Å². The first-order chi connectivity index (χ1) is 14.0. The molecule has 0 atom stereocenters. The van der Waals surface area contributed by atoms with E-state index in [1.165, 1.54) is 0 Å². The predicted molar refractivity (Wildman–Crippen MR) is 114 cm³/mol. The lowest BCUT2D eigenvalue weighted by Crippen LogP contribution is -2.03. The number of pyridine rings is 1. The van der Waals surface area contributed by atoms with Crippen molar-refractivity contribution >= 4 is 27.8 Å². The van der Waals surface area contributed by atoms with Gasteiger partial charge in [0, 0.05) is 22.4 Å². The topological polar surface area (TPSA) is 72.6 Å². The minimum Gasteiger partial charge on any atom is -0.493 e. The highest BCUT2D eigenvalue weighted by Crippen LogP contribution is 2.35. The molecule has 2 heterocycles. The largest absolute Gasteiger partial charge is 0.493 e. The Morgan fingerprint density at radius 1 is 1.14 bits per heavy atom. The van der Waals surface area contributed by atoms with Crippen LogP contribution in [0, 0.1) is 13.8 Å². The van der Waals surface area contributed by atoms with Gasteiger partial charge in [-0.15, -0.1) is 0 Å². The molecule has 4 rings (SSSR count). The number of furan rings is 1. The molecule has 5 heteroatoms. The van der Waals surface area contributed by atoms with Gasteiger partial charge in [-0.05, 0) is 44.0 Å². The molecule has 4 aromatic rings. The average molecular weight is 389 g/mol. The fourth-order valence-corrected chi connectivity index (χ4v) is 3.56. The lowest BCUT2D eigenvalue weighted by atomic mass is 10.0. The van der Waals surface area contributed by atoms with Crippen LogP contribution in [0.5, 0.6) is 5.75 Å². The Morgan fingerprint density at radius 2 is 1.93 bits per heavy atom. The number of aryl methyl sites for hydroxylation is 2. The maximum Gasteiger partial charge on any atom is 0.336 e. The van der Waals surface area contributed by atoms with Crippen molar-refractivity contribution in [3.05, 3.63) is 59.2 Å². The third-order valence-electron chi connectivity index (χ3n) is 5.17. The van der Waals surface area contributed by atoms with E-state index in [0.29, 0.717) is 29.0 Å². The molecule has 0 aliphatic carbocycles. The third kappa shape index (κ3) is 3.44. The molecule has 29 heavy (non-hydrogen) atoms. The molecule has 5 nitrogen and oxygen atoms in total. The molecule has 1 N–H and O–H groups in total. The number of para-hydroxylation sites is 1. The molecule has 0 aliphatic heterocycles. The third-order valence-corrected chi connectivity index (χ3v) is 5.17. The van der Waals surface area contributed by atoms with Gasteiger partial charge in [0.15, 0.2) is 5.76 Å². The second-order valence-corrected chi connectivity index (χ2v) is 7.25. The van der Waals surface area contributed by atoms with Gasteiger partial charge in [0.2, 0.25) is 0 Å². The van der Waals surface area contributed by atoms with Crippen molar-refractivity contribution < 1.29 is 19.1 Å². The van der Waals surface area contributed by atoms with Crippen molar-refractivity contribution in [2.75, 3.05) is 6.61 Å². The highest BCUT2D eigenvalue weighted by molar-refractivity contribution is 6.04. The zero-order valence-electron chi connectivity index (χ0n) is 16.8. The van der Waals surface area contributed by atoms with Gasteiger partial charge in [-0.1, -0.05) is 31.5 Å². The van der Waals surface area contributed by atoms with E-state index in [0.717, 1.165) is 40.7 Å². The Kier molecular flexibility index (Phi) is 4.97. The summed E-state index contributed by atoms with van der Waals surface area (Å²) in [7, 11) is 0. The maximum absolute atomic E-state index is 12.0. The standard InChI is InChI=1S/C24H23NO4/c1-4-5-10-28-22-13-19-17(11-14(22)2)18(24(26)27)12-20(25-19)23-15(3)16-8-6-7-9-21(16)29-23/h6-9,11-13H,4-5,10H2,1-3H3,(H,26,27). The number of carbonyl (C=O) groups is 1. The highest BCUT2D eigenvalue weighted by Gasteiger charge is 2.19. The van der Waals surface area contributed by atoms with E-state index >= 15 is 0 Å². The van der Waals surface area contributed by atoms with Gasteiger partial charge in [0.05, 0.1) is 17.7 Å². The van der Waals surface area contributed by atoms with E-state index in [2.05, 4.69) is 6.92 Å². The van der Waals surface area contributed by atoms with Crippen LogP contribution in [0.3, 0.4) is 0 Å². The van der Waals surface area contributed by atoms with Crippen molar-refractivity contribution in [3.8, 4) is 17.2 Å². The minimum absolute atomic E-state index is 0.202. The molecule has 0 saturated carbocycles. The Balaban J connectivity index is 1.91. The number of rotatable bonds is 6. The van der Waals surface area contributed by atoms with E-state index in [1.54, 1.807) is 6.07 Å². The smallest absolute Gasteiger partial charge is 0.336 e. The lowest BCUT2D eigenvalue weighted by molar-refractivity contribution is 0.0699. The zero-order chi connectivity index (χ0) is 20.5. The van der Waals surface area contributed by atoms with E-state index in [9.17, 15) is 9.90 Å². The first-order valence-corrected chi connectivity index (χ1v) is 9.79. The molecule has 0 saturated heterocycles. The van der Waals surface area contributed by atoms with Crippen LogP contribution in [0.1, 0.15) is 41.3 Å². The van der Waals surface area contributed by atoms with E-state index in [1.807, 2.05) is 50.2 Å². The van der Waals surface area contributed by atoms with Crippen LogP contribution in [0.2, 0.25) is 0 Å². The summed E-state index contributed by atoms with van der Waals surface area (Å²) in [6, 6.07) is 13.0. The van der Waals surface area contributed by atoms with Gasteiger partial charge in [-0.2, -0.15) is 0 Å².